The molecule has 114 valence electrons. The molecule has 0 saturated heterocycles. The second-order valence-corrected chi connectivity index (χ2v) is 7.04. The van der Waals surface area contributed by atoms with Gasteiger partial charge in [-0.15, -0.1) is 11.3 Å². The summed E-state index contributed by atoms with van der Waals surface area (Å²) in [5, 5.41) is 3.95. The highest BCUT2D eigenvalue weighted by atomic mass is 32.2. The van der Waals surface area contributed by atoms with E-state index < -0.39 is 16.0 Å². The number of sulfonamides is 1. The lowest BCUT2D eigenvalue weighted by Gasteiger charge is -2.04. The lowest BCUT2D eigenvalue weighted by Crippen LogP contribution is -2.13. The molecule has 1 N–H and O–H groups in total. The van der Waals surface area contributed by atoms with Gasteiger partial charge in [-0.1, -0.05) is 5.16 Å². The van der Waals surface area contributed by atoms with E-state index in [0.29, 0.717) is 15.4 Å². The fraction of sp³-hybridized carbons (Fsp3) is 0.333. The number of nitrogens with zero attached hydrogens (tertiary/aromatic N) is 1. The number of hydrogen-bond donors (Lipinski definition) is 1. The molecule has 2 rings (SSSR count). The summed E-state index contributed by atoms with van der Waals surface area (Å²) in [6.07, 6.45) is 0. The Morgan fingerprint density at radius 3 is 2.57 bits per heavy atom. The molecule has 0 saturated carbocycles. The van der Waals surface area contributed by atoms with Crippen LogP contribution in [-0.4, -0.2) is 26.7 Å². The molecule has 0 fully saturated rings. The predicted octanol–water partition coefficient (Wildman–Crippen LogP) is 2.25. The molecule has 9 heteroatoms. The van der Waals surface area contributed by atoms with Crippen LogP contribution in [0.1, 0.15) is 26.7 Å². The molecule has 21 heavy (non-hydrogen) atoms. The van der Waals surface area contributed by atoms with Crippen molar-refractivity contribution in [1.29, 1.82) is 0 Å². The number of anilines is 1. The predicted molar refractivity (Wildman–Crippen MR) is 77.2 cm³/mol. The SMILES string of the molecule is COC(=O)c1sc(NS(=O)(=O)c2c(C)noc2C)cc1C. The zero-order valence-corrected chi connectivity index (χ0v) is 13.5. The first kappa shape index (κ1) is 15.5. The van der Waals surface area contributed by atoms with E-state index in [1.165, 1.54) is 14.0 Å². The summed E-state index contributed by atoms with van der Waals surface area (Å²) < 4.78 is 36.6. The van der Waals surface area contributed by atoms with Gasteiger partial charge in [0, 0.05) is 0 Å². The standard InChI is InChI=1S/C12H14N2O5S2/c1-6-5-9(20-10(6)12(15)18-4)14-21(16,17)11-7(2)13-19-8(11)3/h5,14H,1-4H3. The molecule has 2 aromatic heterocycles. The summed E-state index contributed by atoms with van der Waals surface area (Å²) >= 11 is 1.01. The molecule has 0 aliphatic rings. The van der Waals surface area contributed by atoms with Crippen molar-refractivity contribution in [3.05, 3.63) is 28.0 Å². The maximum atomic E-state index is 12.3. The Balaban J connectivity index is 2.36. The average Bonchev–Trinajstić information content (AvgIpc) is 2.91. The van der Waals surface area contributed by atoms with Gasteiger partial charge in [0.25, 0.3) is 10.0 Å². The molecule has 0 atom stereocenters. The maximum absolute atomic E-state index is 12.3. The topological polar surface area (TPSA) is 98.5 Å². The number of rotatable bonds is 4. The Labute approximate surface area is 126 Å². The van der Waals surface area contributed by atoms with Crippen LogP contribution in [0.2, 0.25) is 0 Å². The van der Waals surface area contributed by atoms with Gasteiger partial charge in [-0.3, -0.25) is 4.72 Å². The molecule has 0 aliphatic carbocycles. The van der Waals surface area contributed by atoms with E-state index >= 15 is 0 Å². The van der Waals surface area contributed by atoms with Crippen LogP contribution in [0.15, 0.2) is 15.5 Å². The molecule has 0 amide bonds. The van der Waals surface area contributed by atoms with Gasteiger partial charge in [0.15, 0.2) is 10.7 Å². The minimum Gasteiger partial charge on any atom is -0.465 e. The van der Waals surface area contributed by atoms with Crippen molar-refractivity contribution >= 4 is 32.3 Å². The molecule has 0 spiro atoms. The first-order valence-electron chi connectivity index (χ1n) is 5.90. The highest BCUT2D eigenvalue weighted by molar-refractivity contribution is 7.93. The largest absolute Gasteiger partial charge is 0.465 e. The Morgan fingerprint density at radius 2 is 2.05 bits per heavy atom. The minimum atomic E-state index is -3.82. The van der Waals surface area contributed by atoms with Crippen LogP contribution >= 0.6 is 11.3 Å². The van der Waals surface area contributed by atoms with E-state index in [4.69, 9.17) is 4.52 Å². The van der Waals surface area contributed by atoms with E-state index in [1.54, 1.807) is 19.9 Å². The highest BCUT2D eigenvalue weighted by Crippen LogP contribution is 2.30. The highest BCUT2D eigenvalue weighted by Gasteiger charge is 2.25. The van der Waals surface area contributed by atoms with Crippen molar-refractivity contribution in [2.24, 2.45) is 0 Å². The molecule has 2 heterocycles. The van der Waals surface area contributed by atoms with Crippen molar-refractivity contribution in [3.8, 4) is 0 Å². The molecule has 0 bridgehead atoms. The summed E-state index contributed by atoms with van der Waals surface area (Å²) in [4.78, 5) is 11.9. The van der Waals surface area contributed by atoms with Crippen molar-refractivity contribution in [1.82, 2.24) is 5.16 Å². The Kier molecular flexibility index (Phi) is 4.06. The van der Waals surface area contributed by atoms with Crippen molar-refractivity contribution in [3.63, 3.8) is 0 Å². The van der Waals surface area contributed by atoms with Crippen LogP contribution in [0, 0.1) is 20.8 Å². The summed E-state index contributed by atoms with van der Waals surface area (Å²) in [5.41, 5.74) is 0.921. The van der Waals surface area contributed by atoms with Gasteiger partial charge >= 0.3 is 5.97 Å². The summed E-state index contributed by atoms with van der Waals surface area (Å²) in [7, 11) is -2.54. The van der Waals surface area contributed by atoms with Crippen molar-refractivity contribution in [2.75, 3.05) is 11.8 Å². The molecular formula is C12H14N2O5S2. The van der Waals surface area contributed by atoms with Crippen molar-refractivity contribution < 1.29 is 22.5 Å². The number of hydrogen-bond acceptors (Lipinski definition) is 7. The van der Waals surface area contributed by atoms with Crippen LogP contribution in [0.25, 0.3) is 0 Å². The van der Waals surface area contributed by atoms with Crippen LogP contribution in [-0.2, 0) is 14.8 Å². The van der Waals surface area contributed by atoms with Gasteiger partial charge in [0.05, 0.1) is 7.11 Å². The number of aryl methyl sites for hydroxylation is 3. The fourth-order valence-electron chi connectivity index (χ4n) is 1.87. The summed E-state index contributed by atoms with van der Waals surface area (Å²) in [5.74, 6) is -0.290. The first-order chi connectivity index (χ1) is 9.76. The number of methoxy groups -OCH3 is 1. The van der Waals surface area contributed by atoms with Gasteiger partial charge < -0.3 is 9.26 Å². The monoisotopic (exact) mass is 330 g/mol. The Hall–Kier alpha value is -1.87. The van der Waals surface area contributed by atoms with Crippen LogP contribution < -0.4 is 4.72 Å². The van der Waals surface area contributed by atoms with Crippen LogP contribution in [0.4, 0.5) is 5.00 Å². The Bertz CT molecular complexity index is 769. The second-order valence-electron chi connectivity index (χ2n) is 4.37. The van der Waals surface area contributed by atoms with Gasteiger partial charge in [-0.05, 0) is 32.4 Å². The van der Waals surface area contributed by atoms with Gasteiger partial charge in [0.2, 0.25) is 0 Å². The van der Waals surface area contributed by atoms with Crippen LogP contribution in [0.5, 0.6) is 0 Å². The number of aromatic nitrogens is 1. The van der Waals surface area contributed by atoms with Crippen LogP contribution in [0.3, 0.4) is 0 Å². The number of carbonyl (C=O) groups is 1. The van der Waals surface area contributed by atoms with Gasteiger partial charge in [0.1, 0.15) is 15.6 Å². The number of esters is 1. The van der Waals surface area contributed by atoms with E-state index in [0.717, 1.165) is 11.3 Å². The molecule has 0 aromatic carbocycles. The lowest BCUT2D eigenvalue weighted by atomic mass is 10.3. The molecule has 0 unspecified atom stereocenters. The van der Waals surface area contributed by atoms with E-state index in [9.17, 15) is 13.2 Å². The quantitative estimate of drug-likeness (QED) is 0.863. The third-order valence-electron chi connectivity index (χ3n) is 2.76. The third kappa shape index (κ3) is 2.93. The zero-order chi connectivity index (χ0) is 15.8. The smallest absolute Gasteiger partial charge is 0.348 e. The van der Waals surface area contributed by atoms with Gasteiger partial charge in [-0.25, -0.2) is 13.2 Å². The maximum Gasteiger partial charge on any atom is 0.348 e. The molecule has 0 aliphatic heterocycles. The molecule has 0 radical (unpaired) electrons. The van der Waals surface area contributed by atoms with Gasteiger partial charge in [-0.2, -0.15) is 0 Å². The van der Waals surface area contributed by atoms with E-state index in [-0.39, 0.29) is 16.3 Å². The zero-order valence-electron chi connectivity index (χ0n) is 11.9. The number of carbonyl (C=O) groups excluding carboxylic acids is 1. The number of nitrogens with one attached hydrogen (secondary N) is 1. The fourth-order valence-corrected chi connectivity index (χ4v) is 4.48. The number of thiophene rings is 1. The van der Waals surface area contributed by atoms with E-state index in [1.807, 2.05) is 0 Å². The average molecular weight is 330 g/mol. The summed E-state index contributed by atoms with van der Waals surface area (Å²) in [6.45, 7) is 4.77. The third-order valence-corrected chi connectivity index (χ3v) is 5.63. The lowest BCUT2D eigenvalue weighted by molar-refractivity contribution is 0.0605. The summed E-state index contributed by atoms with van der Waals surface area (Å²) in [6, 6.07) is 1.58. The molecular weight excluding hydrogens is 316 g/mol. The minimum absolute atomic E-state index is 0.00757. The molecule has 2 aromatic rings. The molecule has 7 nitrogen and oxygen atoms in total. The van der Waals surface area contributed by atoms with E-state index in [2.05, 4.69) is 14.6 Å². The normalized spacial score (nSPS) is 11.4. The number of ether oxygens (including phenoxy) is 1. The van der Waals surface area contributed by atoms with Crippen molar-refractivity contribution in [2.45, 2.75) is 25.7 Å². The first-order valence-corrected chi connectivity index (χ1v) is 8.20. The Morgan fingerprint density at radius 1 is 1.38 bits per heavy atom. The second kappa shape index (κ2) is 5.49.